The summed E-state index contributed by atoms with van der Waals surface area (Å²) >= 11 is 0. The number of hydrogen-bond donors (Lipinski definition) is 0. The molecule has 2 nitrogen and oxygen atoms in total. The molecule has 0 saturated heterocycles. The van der Waals surface area contributed by atoms with Gasteiger partial charge in [-0.15, -0.1) is 0 Å². The van der Waals surface area contributed by atoms with Gasteiger partial charge in [-0.3, -0.25) is 0 Å². The van der Waals surface area contributed by atoms with Gasteiger partial charge in [0.15, 0.2) is 0 Å². The number of aliphatic imine (C=N–C) groups is 1. The molecule has 2 aliphatic carbocycles. The Bertz CT molecular complexity index is 2210. The molecule has 2 atom stereocenters. The van der Waals surface area contributed by atoms with Crippen LogP contribution in [-0.4, -0.2) is 12.5 Å². The Hall–Kier alpha value is -4.00. The predicted molar refractivity (Wildman–Crippen MR) is 245 cm³/mol. The molecule has 0 amide bonds. The van der Waals surface area contributed by atoms with Gasteiger partial charge in [-0.2, -0.15) is 0 Å². The van der Waals surface area contributed by atoms with Gasteiger partial charge >= 0.3 is 0 Å². The summed E-state index contributed by atoms with van der Waals surface area (Å²) in [5, 5.41) is 4.45. The van der Waals surface area contributed by atoms with Crippen LogP contribution in [0.4, 0.5) is 0 Å². The maximum Gasteiger partial charge on any atom is 0.217 e. The summed E-state index contributed by atoms with van der Waals surface area (Å²) in [5.74, 6) is 0.815. The molecule has 3 heteroatoms. The van der Waals surface area contributed by atoms with E-state index in [4.69, 9.17) is 9.73 Å². The van der Waals surface area contributed by atoms with Crippen molar-refractivity contribution in [1.29, 1.82) is 0 Å². The average molecular weight is 774 g/mol. The first-order valence-corrected chi connectivity index (χ1v) is 22.7. The SMILES string of the molecule is CC(C)(C)c1cc(P(c2cc(C(C)(C)C)cc(C(C)(C)C)c2)c2cccc3c2[C@@]2(CCc4cccc(C5=N[C@H](c6ccccc6)CO5)c42)CC3)cc(C(C)(C)C)c1. The Labute approximate surface area is 345 Å². The molecule has 1 heterocycles. The number of fused-ring (bicyclic) bond motifs is 4. The van der Waals surface area contributed by atoms with E-state index in [-0.39, 0.29) is 33.1 Å². The summed E-state index contributed by atoms with van der Waals surface area (Å²) in [6.07, 6.45) is 4.40. The van der Waals surface area contributed by atoms with Crippen molar-refractivity contribution in [3.63, 3.8) is 0 Å². The third kappa shape index (κ3) is 7.35. The molecule has 0 saturated carbocycles. The van der Waals surface area contributed by atoms with E-state index in [0.717, 1.165) is 31.6 Å². The van der Waals surface area contributed by atoms with Gasteiger partial charge in [0.2, 0.25) is 5.90 Å². The first-order chi connectivity index (χ1) is 26.7. The molecule has 8 rings (SSSR count). The summed E-state index contributed by atoms with van der Waals surface area (Å²) in [6.45, 7) is 29.1. The minimum absolute atomic E-state index is 0.0135. The number of rotatable bonds is 5. The lowest BCUT2D eigenvalue weighted by atomic mass is 9.74. The molecular weight excluding hydrogens is 710 g/mol. The zero-order valence-electron chi connectivity index (χ0n) is 36.7. The summed E-state index contributed by atoms with van der Waals surface area (Å²) in [7, 11) is -0.953. The Kier molecular flexibility index (Phi) is 9.84. The second kappa shape index (κ2) is 14.1. The molecule has 0 radical (unpaired) electrons. The normalized spacial score (nSPS) is 19.5. The minimum Gasteiger partial charge on any atom is -0.475 e. The molecule has 0 N–H and O–H groups in total. The Morgan fingerprint density at radius 2 is 1.02 bits per heavy atom. The van der Waals surface area contributed by atoms with Gasteiger partial charge in [-0.05, 0) is 127 Å². The molecule has 57 heavy (non-hydrogen) atoms. The molecule has 0 unspecified atom stereocenters. The highest BCUT2D eigenvalue weighted by atomic mass is 31.1. The lowest BCUT2D eigenvalue weighted by Gasteiger charge is -2.35. The second-order valence-electron chi connectivity index (χ2n) is 21.3. The zero-order valence-corrected chi connectivity index (χ0v) is 37.6. The molecule has 1 aliphatic heterocycles. The topological polar surface area (TPSA) is 21.6 Å². The smallest absolute Gasteiger partial charge is 0.217 e. The van der Waals surface area contributed by atoms with Gasteiger partial charge < -0.3 is 4.74 Å². The fraction of sp³-hybridized carbons (Fsp3) is 0.426. The molecule has 0 aromatic heterocycles. The van der Waals surface area contributed by atoms with Crippen LogP contribution in [0.3, 0.4) is 0 Å². The van der Waals surface area contributed by atoms with Crippen molar-refractivity contribution < 1.29 is 4.74 Å². The second-order valence-corrected chi connectivity index (χ2v) is 23.5. The van der Waals surface area contributed by atoms with E-state index in [2.05, 4.69) is 186 Å². The highest BCUT2D eigenvalue weighted by Gasteiger charge is 2.49. The Balaban J connectivity index is 1.40. The molecule has 1 spiro atoms. The summed E-state index contributed by atoms with van der Waals surface area (Å²) in [5.41, 5.74) is 14.1. The van der Waals surface area contributed by atoms with E-state index in [9.17, 15) is 0 Å². The van der Waals surface area contributed by atoms with Gasteiger partial charge in [0.25, 0.3) is 0 Å². The lowest BCUT2D eigenvalue weighted by Crippen LogP contribution is -2.34. The van der Waals surface area contributed by atoms with E-state index < -0.39 is 7.92 Å². The van der Waals surface area contributed by atoms with Gasteiger partial charge in [-0.1, -0.05) is 180 Å². The third-order valence-electron chi connectivity index (χ3n) is 13.0. The molecule has 0 fully saturated rings. The van der Waals surface area contributed by atoms with Crippen molar-refractivity contribution in [2.75, 3.05) is 6.61 Å². The van der Waals surface area contributed by atoms with Crippen LogP contribution in [0.25, 0.3) is 0 Å². The highest BCUT2D eigenvalue weighted by Crippen LogP contribution is 2.56. The molecule has 3 aliphatic rings. The van der Waals surface area contributed by atoms with Crippen molar-refractivity contribution in [1.82, 2.24) is 0 Å². The molecular formula is C54H64NOP. The standard InChI is InChI=1S/C54H64NOP/c1-50(2,3)38-28-39(51(4,5)6)31-42(30-38)57(43-32-40(52(7,8)9)29-41(33-43)53(10,11)12)46-23-17-21-37-25-27-54(48(37)46)26-24-36-20-16-22-44(47(36)54)49-55-45(34-56-49)35-18-14-13-15-19-35/h13-23,28-33,45H,24-27,34H2,1-12H3/t45-,54-/m0/s1. The van der Waals surface area contributed by atoms with Crippen LogP contribution in [0.1, 0.15) is 158 Å². The molecule has 0 bridgehead atoms. The Morgan fingerprint density at radius 1 is 0.544 bits per heavy atom. The van der Waals surface area contributed by atoms with Gasteiger partial charge in [0, 0.05) is 11.0 Å². The van der Waals surface area contributed by atoms with Crippen molar-refractivity contribution in [2.45, 2.75) is 142 Å². The van der Waals surface area contributed by atoms with E-state index >= 15 is 0 Å². The van der Waals surface area contributed by atoms with Crippen molar-refractivity contribution >= 4 is 29.7 Å². The van der Waals surface area contributed by atoms with E-state index in [0.29, 0.717) is 6.61 Å². The van der Waals surface area contributed by atoms with Crippen LogP contribution in [-0.2, 0) is 44.7 Å². The summed E-state index contributed by atoms with van der Waals surface area (Å²) in [4.78, 5) is 5.30. The quantitative estimate of drug-likeness (QED) is 0.163. The highest BCUT2D eigenvalue weighted by molar-refractivity contribution is 7.80. The average Bonchev–Trinajstić information content (AvgIpc) is 3.89. The summed E-state index contributed by atoms with van der Waals surface area (Å²) < 4.78 is 6.57. The van der Waals surface area contributed by atoms with Crippen LogP contribution in [0.15, 0.2) is 108 Å². The third-order valence-corrected chi connectivity index (χ3v) is 15.4. The number of nitrogens with zero attached hydrogens (tertiary/aromatic N) is 1. The van der Waals surface area contributed by atoms with E-state index in [1.54, 1.807) is 5.56 Å². The first-order valence-electron chi connectivity index (χ1n) is 21.4. The van der Waals surface area contributed by atoms with Crippen LogP contribution in [0, 0.1) is 0 Å². The van der Waals surface area contributed by atoms with Crippen molar-refractivity contribution in [3.8, 4) is 0 Å². The van der Waals surface area contributed by atoms with Crippen molar-refractivity contribution in [3.05, 3.63) is 159 Å². The minimum atomic E-state index is -0.953. The van der Waals surface area contributed by atoms with Gasteiger partial charge in [-0.25, -0.2) is 4.99 Å². The van der Waals surface area contributed by atoms with Gasteiger partial charge in [0.1, 0.15) is 12.6 Å². The lowest BCUT2D eigenvalue weighted by molar-refractivity contribution is 0.319. The Morgan fingerprint density at radius 3 is 1.51 bits per heavy atom. The van der Waals surface area contributed by atoms with Crippen LogP contribution < -0.4 is 15.9 Å². The molecule has 5 aromatic carbocycles. The monoisotopic (exact) mass is 773 g/mol. The maximum absolute atomic E-state index is 6.57. The number of hydrogen-bond acceptors (Lipinski definition) is 2. The first kappa shape index (κ1) is 39.8. The van der Waals surface area contributed by atoms with Crippen molar-refractivity contribution in [2.24, 2.45) is 4.99 Å². The van der Waals surface area contributed by atoms with E-state index in [1.165, 1.54) is 66.0 Å². The fourth-order valence-electron chi connectivity index (χ4n) is 9.54. The number of ether oxygens (including phenoxy) is 1. The largest absolute Gasteiger partial charge is 0.475 e. The predicted octanol–water partition coefficient (Wildman–Crippen LogP) is 12.3. The maximum atomic E-state index is 6.57. The molecule has 296 valence electrons. The van der Waals surface area contributed by atoms with E-state index in [1.807, 2.05) is 0 Å². The van der Waals surface area contributed by atoms with Crippen LogP contribution in [0.2, 0.25) is 0 Å². The molecule has 5 aromatic rings. The van der Waals surface area contributed by atoms with Gasteiger partial charge in [0.05, 0.1) is 0 Å². The van der Waals surface area contributed by atoms with Crippen LogP contribution >= 0.6 is 7.92 Å². The fourth-order valence-corrected chi connectivity index (χ4v) is 12.3. The van der Waals surface area contributed by atoms with Crippen LogP contribution in [0.5, 0.6) is 0 Å². The summed E-state index contributed by atoms with van der Waals surface area (Å²) in [6, 6.07) is 40.2. The zero-order chi connectivity index (χ0) is 40.7. The number of benzene rings is 5. The number of aryl methyl sites for hydroxylation is 2.